The molecule has 6 heteroatoms. The van der Waals surface area contributed by atoms with Crippen molar-refractivity contribution < 1.29 is 9.59 Å². The molecule has 3 fully saturated rings. The summed E-state index contributed by atoms with van der Waals surface area (Å²) in [6.07, 6.45) is 7.76. The highest BCUT2D eigenvalue weighted by Crippen LogP contribution is 2.50. The summed E-state index contributed by atoms with van der Waals surface area (Å²) in [5.41, 5.74) is 0.488. The zero-order valence-electron chi connectivity index (χ0n) is 16.1. The summed E-state index contributed by atoms with van der Waals surface area (Å²) in [5.74, 6) is 1.10. The Labute approximate surface area is 155 Å². The van der Waals surface area contributed by atoms with Gasteiger partial charge in [-0.1, -0.05) is 6.92 Å². The summed E-state index contributed by atoms with van der Waals surface area (Å²) in [5, 5.41) is 0. The fourth-order valence-corrected chi connectivity index (χ4v) is 4.63. The Morgan fingerprint density at radius 1 is 1.38 bits per heavy atom. The first-order valence-electron chi connectivity index (χ1n) is 10.0. The van der Waals surface area contributed by atoms with Gasteiger partial charge in [-0.25, -0.2) is 4.98 Å². The van der Waals surface area contributed by atoms with Gasteiger partial charge in [-0.2, -0.15) is 0 Å². The quantitative estimate of drug-likeness (QED) is 0.812. The molecule has 0 bridgehead atoms. The van der Waals surface area contributed by atoms with E-state index in [1.54, 1.807) is 0 Å². The van der Waals surface area contributed by atoms with E-state index in [9.17, 15) is 9.59 Å². The van der Waals surface area contributed by atoms with Crippen LogP contribution in [0.1, 0.15) is 64.1 Å². The normalized spacial score (nSPS) is 28.8. The Morgan fingerprint density at radius 3 is 2.77 bits per heavy atom. The molecule has 2 aliphatic heterocycles. The van der Waals surface area contributed by atoms with Crippen LogP contribution in [0.25, 0.3) is 0 Å². The van der Waals surface area contributed by atoms with Crippen molar-refractivity contribution in [3.8, 4) is 0 Å². The van der Waals surface area contributed by atoms with Gasteiger partial charge in [0, 0.05) is 50.8 Å². The number of likely N-dealkylation sites (tertiary alicyclic amines) is 2. The molecule has 2 unspecified atom stereocenters. The number of imidazole rings is 1. The fourth-order valence-electron chi connectivity index (χ4n) is 4.63. The van der Waals surface area contributed by atoms with Gasteiger partial charge >= 0.3 is 0 Å². The van der Waals surface area contributed by atoms with Gasteiger partial charge in [0.15, 0.2) is 0 Å². The lowest BCUT2D eigenvalue weighted by atomic mass is 9.75. The first kappa shape index (κ1) is 17.6. The Bertz CT molecular complexity index is 708. The van der Waals surface area contributed by atoms with Crippen molar-refractivity contribution >= 4 is 11.8 Å². The summed E-state index contributed by atoms with van der Waals surface area (Å²) in [4.78, 5) is 34.4. The van der Waals surface area contributed by atoms with Crippen LogP contribution < -0.4 is 0 Å². The third-order valence-corrected chi connectivity index (χ3v) is 6.49. The van der Waals surface area contributed by atoms with E-state index in [0.29, 0.717) is 31.5 Å². The van der Waals surface area contributed by atoms with Crippen molar-refractivity contribution in [2.45, 2.75) is 58.4 Å². The van der Waals surface area contributed by atoms with Crippen LogP contribution in [0.15, 0.2) is 12.5 Å². The van der Waals surface area contributed by atoms with Crippen molar-refractivity contribution in [3.05, 3.63) is 18.2 Å². The molecule has 0 aromatic carbocycles. The molecule has 1 spiro atoms. The van der Waals surface area contributed by atoms with E-state index in [0.717, 1.165) is 25.2 Å². The molecule has 6 nitrogen and oxygen atoms in total. The van der Waals surface area contributed by atoms with E-state index in [-0.39, 0.29) is 17.7 Å². The molecule has 26 heavy (non-hydrogen) atoms. The number of amides is 2. The number of hydrogen-bond acceptors (Lipinski definition) is 3. The Balaban J connectivity index is 1.64. The zero-order chi connectivity index (χ0) is 18.5. The third-order valence-electron chi connectivity index (χ3n) is 6.49. The van der Waals surface area contributed by atoms with Gasteiger partial charge in [0.05, 0.1) is 17.4 Å². The maximum absolute atomic E-state index is 13.4. The summed E-state index contributed by atoms with van der Waals surface area (Å²) < 4.78 is 2.09. The highest BCUT2D eigenvalue weighted by Gasteiger charge is 2.58. The van der Waals surface area contributed by atoms with Crippen LogP contribution in [0.4, 0.5) is 0 Å². The minimum absolute atomic E-state index is 0.00898. The average molecular weight is 358 g/mol. The first-order valence-corrected chi connectivity index (χ1v) is 10.0. The van der Waals surface area contributed by atoms with Gasteiger partial charge in [0.25, 0.3) is 0 Å². The molecular formula is C20H30N4O2. The number of rotatable bonds is 5. The predicted octanol–water partition coefficient (Wildman–Crippen LogP) is 2.43. The number of hydrogen-bond donors (Lipinski definition) is 0. The Hall–Kier alpha value is -1.85. The number of carbonyl (C=O) groups is 2. The molecule has 2 amide bonds. The monoisotopic (exact) mass is 358 g/mol. The zero-order valence-corrected chi connectivity index (χ0v) is 16.1. The molecule has 1 aromatic heterocycles. The fraction of sp³-hybridized carbons (Fsp3) is 0.750. The largest absolute Gasteiger partial charge is 0.342 e. The maximum Gasteiger partial charge on any atom is 0.231 e. The van der Waals surface area contributed by atoms with E-state index >= 15 is 0 Å². The molecule has 2 atom stereocenters. The third kappa shape index (κ3) is 2.83. The lowest BCUT2D eigenvalue weighted by Gasteiger charge is -2.27. The van der Waals surface area contributed by atoms with E-state index in [1.165, 1.54) is 12.8 Å². The molecule has 2 saturated heterocycles. The van der Waals surface area contributed by atoms with E-state index < -0.39 is 5.41 Å². The topological polar surface area (TPSA) is 58.4 Å². The number of carbonyl (C=O) groups excluding carboxylic acids is 2. The van der Waals surface area contributed by atoms with Crippen LogP contribution in [0.2, 0.25) is 0 Å². The second-order valence-electron chi connectivity index (χ2n) is 8.62. The molecule has 3 heterocycles. The molecule has 1 aliphatic carbocycles. The summed E-state index contributed by atoms with van der Waals surface area (Å²) in [7, 11) is 0. The highest BCUT2D eigenvalue weighted by atomic mass is 16.2. The van der Waals surface area contributed by atoms with Gasteiger partial charge in [0.1, 0.15) is 0 Å². The molecule has 142 valence electrons. The maximum atomic E-state index is 13.4. The lowest BCUT2D eigenvalue weighted by molar-refractivity contribution is -0.137. The molecule has 1 aromatic rings. The van der Waals surface area contributed by atoms with Crippen LogP contribution in [0.3, 0.4) is 0 Å². The lowest BCUT2D eigenvalue weighted by Crippen LogP contribution is -2.41. The molecule has 3 aliphatic rings. The van der Waals surface area contributed by atoms with Crippen LogP contribution in [0.5, 0.6) is 0 Å². The van der Waals surface area contributed by atoms with Crippen molar-refractivity contribution in [3.63, 3.8) is 0 Å². The molecular weight excluding hydrogens is 328 g/mol. The minimum atomic E-state index is -0.476. The molecule has 0 radical (unpaired) electrons. The number of aromatic nitrogens is 2. The average Bonchev–Trinajstić information content (AvgIpc) is 3.06. The van der Waals surface area contributed by atoms with Crippen molar-refractivity contribution in [2.24, 2.45) is 11.3 Å². The van der Waals surface area contributed by atoms with Crippen LogP contribution >= 0.6 is 0 Å². The standard InChI is InChI=1S/C20H30N4O2/c1-4-18(25)23-10-16(17-11-24(13-21-17)14(2)3)20(12-23)7-8-22(19(20)26)9-15-5-6-15/h11,13-16H,4-10,12H2,1-3H3. The first-order chi connectivity index (χ1) is 12.4. The Kier molecular flexibility index (Phi) is 4.32. The molecule has 1 saturated carbocycles. The number of nitrogens with zero attached hydrogens (tertiary/aromatic N) is 4. The van der Waals surface area contributed by atoms with E-state index in [1.807, 2.05) is 18.2 Å². The van der Waals surface area contributed by atoms with Crippen molar-refractivity contribution in [1.82, 2.24) is 19.4 Å². The molecule has 0 N–H and O–H groups in total. The summed E-state index contributed by atoms with van der Waals surface area (Å²) in [6, 6.07) is 0.340. The van der Waals surface area contributed by atoms with Gasteiger partial charge < -0.3 is 14.4 Å². The van der Waals surface area contributed by atoms with Gasteiger partial charge in [-0.05, 0) is 39.0 Å². The van der Waals surface area contributed by atoms with Gasteiger partial charge in [0.2, 0.25) is 11.8 Å². The van der Waals surface area contributed by atoms with Crippen LogP contribution in [0, 0.1) is 11.3 Å². The van der Waals surface area contributed by atoms with Gasteiger partial charge in [-0.3, -0.25) is 9.59 Å². The van der Waals surface area contributed by atoms with Crippen molar-refractivity contribution in [2.75, 3.05) is 26.2 Å². The van der Waals surface area contributed by atoms with Crippen molar-refractivity contribution in [1.29, 1.82) is 0 Å². The second kappa shape index (κ2) is 6.39. The van der Waals surface area contributed by atoms with E-state index in [4.69, 9.17) is 0 Å². The van der Waals surface area contributed by atoms with Crippen LogP contribution in [-0.2, 0) is 9.59 Å². The smallest absolute Gasteiger partial charge is 0.231 e. The van der Waals surface area contributed by atoms with Crippen LogP contribution in [-0.4, -0.2) is 57.3 Å². The second-order valence-corrected chi connectivity index (χ2v) is 8.62. The SMILES string of the molecule is CCC(=O)N1CC(c2cn(C(C)C)cn2)C2(CCN(CC3CC3)C2=O)C1. The van der Waals surface area contributed by atoms with Gasteiger partial charge in [-0.15, -0.1) is 0 Å². The highest BCUT2D eigenvalue weighted by molar-refractivity contribution is 5.88. The summed E-state index contributed by atoms with van der Waals surface area (Å²) >= 11 is 0. The molecule has 4 rings (SSSR count). The predicted molar refractivity (Wildman–Crippen MR) is 98.6 cm³/mol. The van der Waals surface area contributed by atoms with E-state index in [2.05, 4.69) is 34.5 Å². The minimum Gasteiger partial charge on any atom is -0.342 e. The Morgan fingerprint density at radius 2 is 2.15 bits per heavy atom. The summed E-state index contributed by atoms with van der Waals surface area (Å²) in [6.45, 7) is 9.04.